The Hall–Kier alpha value is -3.48. The van der Waals surface area contributed by atoms with E-state index < -0.39 is 17.8 Å². The number of carbonyl (C=O) groups excluding carboxylic acids is 3. The van der Waals surface area contributed by atoms with Gasteiger partial charge in [0.25, 0.3) is 5.91 Å². The lowest BCUT2D eigenvalue weighted by molar-refractivity contribution is -0.133. The fourth-order valence-electron chi connectivity index (χ4n) is 3.00. The summed E-state index contributed by atoms with van der Waals surface area (Å²) in [5.74, 6) is -2.24. The number of amides is 2. The number of esters is 1. The summed E-state index contributed by atoms with van der Waals surface area (Å²) in [6.45, 7) is 0.416. The fraction of sp³-hybridized carbons (Fsp3) is 0.200. The topological polar surface area (TPSA) is 96.9 Å². The molecule has 2 N–H and O–H groups in total. The highest BCUT2D eigenvalue weighted by Gasteiger charge is 2.40. The summed E-state index contributed by atoms with van der Waals surface area (Å²) >= 11 is 0. The predicted molar refractivity (Wildman–Crippen MR) is 99.2 cm³/mol. The molecule has 1 saturated heterocycles. The van der Waals surface area contributed by atoms with Gasteiger partial charge in [-0.2, -0.15) is 5.10 Å². The minimum absolute atomic E-state index is 0.228. The molecule has 0 aromatic heterocycles. The molecule has 2 aromatic carbocycles. The SMILES string of the molecule is COC(=O)c1ccc(C=NNC(=O)[C@H]2C(=O)NC[C@H]2c2ccccc2)cc1. The van der Waals surface area contributed by atoms with Gasteiger partial charge in [-0.25, -0.2) is 10.2 Å². The number of methoxy groups -OCH3 is 1. The lowest BCUT2D eigenvalue weighted by Gasteiger charge is -2.15. The van der Waals surface area contributed by atoms with E-state index in [1.165, 1.54) is 13.3 Å². The van der Waals surface area contributed by atoms with E-state index in [0.717, 1.165) is 5.56 Å². The molecule has 27 heavy (non-hydrogen) atoms. The number of benzene rings is 2. The molecule has 7 heteroatoms. The van der Waals surface area contributed by atoms with Crippen LogP contribution >= 0.6 is 0 Å². The van der Waals surface area contributed by atoms with Crippen LogP contribution < -0.4 is 10.7 Å². The standard InChI is InChI=1S/C20H19N3O4/c1-27-20(26)15-9-7-13(8-10-15)11-22-23-19(25)17-16(12-21-18(17)24)14-5-3-2-4-6-14/h2-11,16-17H,12H2,1H3,(H,21,24)(H,23,25)/t16-,17+/m0/s1. The van der Waals surface area contributed by atoms with Gasteiger partial charge in [0, 0.05) is 12.5 Å². The van der Waals surface area contributed by atoms with Crippen LogP contribution in [0.15, 0.2) is 59.7 Å². The summed E-state index contributed by atoms with van der Waals surface area (Å²) in [6.07, 6.45) is 1.45. The second-order valence-corrected chi connectivity index (χ2v) is 6.09. The number of carbonyl (C=O) groups is 3. The number of ether oxygens (including phenoxy) is 1. The van der Waals surface area contributed by atoms with Crippen molar-refractivity contribution >= 4 is 24.0 Å². The molecule has 3 rings (SSSR count). The van der Waals surface area contributed by atoms with Crippen LogP contribution in [0.25, 0.3) is 0 Å². The van der Waals surface area contributed by atoms with E-state index in [1.807, 2.05) is 30.3 Å². The zero-order chi connectivity index (χ0) is 19.2. The lowest BCUT2D eigenvalue weighted by Crippen LogP contribution is -2.34. The van der Waals surface area contributed by atoms with Crippen LogP contribution in [0.3, 0.4) is 0 Å². The fourth-order valence-corrected chi connectivity index (χ4v) is 3.00. The highest BCUT2D eigenvalue weighted by atomic mass is 16.5. The quantitative estimate of drug-likeness (QED) is 0.363. The van der Waals surface area contributed by atoms with Gasteiger partial charge in [0.15, 0.2) is 0 Å². The van der Waals surface area contributed by atoms with Gasteiger partial charge >= 0.3 is 5.97 Å². The average Bonchev–Trinajstić information content (AvgIpc) is 3.10. The van der Waals surface area contributed by atoms with Crippen LogP contribution in [0.5, 0.6) is 0 Å². The number of hydrogen-bond donors (Lipinski definition) is 2. The van der Waals surface area contributed by atoms with E-state index in [0.29, 0.717) is 17.7 Å². The molecule has 2 aromatic rings. The Labute approximate surface area is 156 Å². The number of nitrogens with zero attached hydrogens (tertiary/aromatic N) is 1. The third kappa shape index (κ3) is 4.20. The Morgan fingerprint density at radius 3 is 2.52 bits per heavy atom. The molecule has 0 bridgehead atoms. The monoisotopic (exact) mass is 365 g/mol. The van der Waals surface area contributed by atoms with Crippen molar-refractivity contribution in [3.8, 4) is 0 Å². The summed E-state index contributed by atoms with van der Waals surface area (Å²) in [5, 5.41) is 6.66. The van der Waals surface area contributed by atoms with Gasteiger partial charge in [-0.15, -0.1) is 0 Å². The average molecular weight is 365 g/mol. The van der Waals surface area contributed by atoms with E-state index >= 15 is 0 Å². The molecular weight excluding hydrogens is 346 g/mol. The highest BCUT2D eigenvalue weighted by Crippen LogP contribution is 2.28. The largest absolute Gasteiger partial charge is 0.465 e. The Morgan fingerprint density at radius 1 is 1.15 bits per heavy atom. The Morgan fingerprint density at radius 2 is 1.85 bits per heavy atom. The normalized spacial score (nSPS) is 18.9. The van der Waals surface area contributed by atoms with Gasteiger partial charge < -0.3 is 10.1 Å². The van der Waals surface area contributed by atoms with Crippen LogP contribution in [0, 0.1) is 5.92 Å². The zero-order valence-corrected chi connectivity index (χ0v) is 14.7. The molecule has 2 amide bonds. The van der Waals surface area contributed by atoms with Gasteiger partial charge in [0.1, 0.15) is 5.92 Å². The second-order valence-electron chi connectivity index (χ2n) is 6.09. The van der Waals surface area contributed by atoms with Gasteiger partial charge in [0.05, 0.1) is 18.9 Å². The van der Waals surface area contributed by atoms with Crippen molar-refractivity contribution in [2.75, 3.05) is 13.7 Å². The maximum atomic E-state index is 12.5. The van der Waals surface area contributed by atoms with Crippen molar-refractivity contribution in [1.82, 2.24) is 10.7 Å². The van der Waals surface area contributed by atoms with E-state index in [-0.39, 0.29) is 11.8 Å². The van der Waals surface area contributed by atoms with Crippen LogP contribution in [-0.4, -0.2) is 37.7 Å². The van der Waals surface area contributed by atoms with Crippen molar-refractivity contribution in [2.24, 2.45) is 11.0 Å². The minimum atomic E-state index is -0.828. The Balaban J connectivity index is 1.65. The van der Waals surface area contributed by atoms with Crippen molar-refractivity contribution in [3.05, 3.63) is 71.3 Å². The molecule has 138 valence electrons. The number of hydrazone groups is 1. The van der Waals surface area contributed by atoms with E-state index in [9.17, 15) is 14.4 Å². The van der Waals surface area contributed by atoms with Crippen molar-refractivity contribution in [1.29, 1.82) is 0 Å². The molecule has 0 unspecified atom stereocenters. The predicted octanol–water partition coefficient (Wildman–Crippen LogP) is 1.45. The first-order valence-electron chi connectivity index (χ1n) is 8.44. The molecule has 1 aliphatic rings. The van der Waals surface area contributed by atoms with Crippen molar-refractivity contribution in [3.63, 3.8) is 0 Å². The molecule has 1 heterocycles. The third-order valence-corrected chi connectivity index (χ3v) is 4.41. The third-order valence-electron chi connectivity index (χ3n) is 4.41. The van der Waals surface area contributed by atoms with Gasteiger partial charge in [-0.3, -0.25) is 9.59 Å². The molecule has 0 aliphatic carbocycles. The first-order valence-corrected chi connectivity index (χ1v) is 8.44. The molecule has 1 aliphatic heterocycles. The molecule has 1 fully saturated rings. The first-order chi connectivity index (χ1) is 13.1. The molecule has 0 radical (unpaired) electrons. The maximum Gasteiger partial charge on any atom is 0.337 e. The van der Waals surface area contributed by atoms with E-state index in [4.69, 9.17) is 0 Å². The molecule has 0 saturated carbocycles. The van der Waals surface area contributed by atoms with Gasteiger partial charge in [-0.1, -0.05) is 42.5 Å². The molecule has 7 nitrogen and oxygen atoms in total. The smallest absolute Gasteiger partial charge is 0.337 e. The van der Waals surface area contributed by atoms with Crippen LogP contribution in [0.1, 0.15) is 27.4 Å². The van der Waals surface area contributed by atoms with Crippen LogP contribution in [0.4, 0.5) is 0 Å². The number of rotatable bonds is 5. The second kappa shape index (κ2) is 8.27. The van der Waals surface area contributed by atoms with Crippen LogP contribution in [-0.2, 0) is 14.3 Å². The van der Waals surface area contributed by atoms with Crippen LogP contribution in [0.2, 0.25) is 0 Å². The molecular formula is C20H19N3O4. The van der Waals surface area contributed by atoms with Gasteiger partial charge in [0.2, 0.25) is 5.91 Å². The lowest BCUT2D eigenvalue weighted by atomic mass is 9.88. The number of hydrogen-bond acceptors (Lipinski definition) is 5. The summed E-state index contributed by atoms with van der Waals surface area (Å²) in [4.78, 5) is 36.0. The summed E-state index contributed by atoms with van der Waals surface area (Å²) in [7, 11) is 1.31. The summed E-state index contributed by atoms with van der Waals surface area (Å²) in [5.41, 5.74) is 4.48. The summed E-state index contributed by atoms with van der Waals surface area (Å²) < 4.78 is 4.63. The Kier molecular flexibility index (Phi) is 5.61. The van der Waals surface area contributed by atoms with Gasteiger partial charge in [-0.05, 0) is 23.3 Å². The Bertz CT molecular complexity index is 863. The molecule has 2 atom stereocenters. The molecule has 0 spiro atoms. The minimum Gasteiger partial charge on any atom is -0.465 e. The summed E-state index contributed by atoms with van der Waals surface area (Å²) in [6, 6.07) is 16.0. The van der Waals surface area contributed by atoms with E-state index in [2.05, 4.69) is 20.6 Å². The van der Waals surface area contributed by atoms with E-state index in [1.54, 1.807) is 24.3 Å². The number of nitrogens with one attached hydrogen (secondary N) is 2. The maximum absolute atomic E-state index is 12.5. The zero-order valence-electron chi connectivity index (χ0n) is 14.7. The first kappa shape index (κ1) is 18.3. The van der Waals surface area contributed by atoms with Crippen molar-refractivity contribution in [2.45, 2.75) is 5.92 Å². The van der Waals surface area contributed by atoms with Crippen molar-refractivity contribution < 1.29 is 19.1 Å². The highest BCUT2D eigenvalue weighted by molar-refractivity contribution is 6.03.